The number of rotatable bonds is 4. The van der Waals surface area contributed by atoms with Gasteiger partial charge in [0.1, 0.15) is 11.4 Å². The highest BCUT2D eigenvalue weighted by Gasteiger charge is 2.19. The van der Waals surface area contributed by atoms with Crippen LogP contribution in [0.5, 0.6) is 0 Å². The zero-order chi connectivity index (χ0) is 13.1. The minimum atomic E-state index is -2.54. The molecule has 2 N–H and O–H groups in total. The molecular formula is C12H14F2N2O2. The number of carboxylic acid groups (broad SMARTS) is 1. The SMILES string of the molecule is O=C(O)c1cc2c(nc1NCC(F)F)CCCC2. The van der Waals surface area contributed by atoms with E-state index < -0.39 is 18.9 Å². The zero-order valence-electron chi connectivity index (χ0n) is 9.75. The topological polar surface area (TPSA) is 62.2 Å². The van der Waals surface area contributed by atoms with Crippen LogP contribution in [0.1, 0.15) is 34.5 Å². The van der Waals surface area contributed by atoms with Gasteiger partial charge in [-0.3, -0.25) is 0 Å². The van der Waals surface area contributed by atoms with Gasteiger partial charge in [-0.2, -0.15) is 0 Å². The average molecular weight is 256 g/mol. The summed E-state index contributed by atoms with van der Waals surface area (Å²) >= 11 is 0. The third kappa shape index (κ3) is 2.75. The number of nitrogens with one attached hydrogen (secondary N) is 1. The van der Waals surface area contributed by atoms with E-state index in [1.165, 1.54) is 0 Å². The number of aryl methyl sites for hydroxylation is 2. The van der Waals surface area contributed by atoms with Crippen LogP contribution in [0.2, 0.25) is 0 Å². The van der Waals surface area contributed by atoms with Gasteiger partial charge in [0, 0.05) is 5.69 Å². The lowest BCUT2D eigenvalue weighted by Crippen LogP contribution is -2.17. The normalized spacial score (nSPS) is 14.4. The van der Waals surface area contributed by atoms with Gasteiger partial charge in [-0.15, -0.1) is 0 Å². The van der Waals surface area contributed by atoms with Crippen molar-refractivity contribution in [3.8, 4) is 0 Å². The molecule has 0 amide bonds. The maximum Gasteiger partial charge on any atom is 0.339 e. The quantitative estimate of drug-likeness (QED) is 0.868. The second kappa shape index (κ2) is 5.29. The van der Waals surface area contributed by atoms with E-state index in [1.807, 2.05) is 0 Å². The van der Waals surface area contributed by atoms with E-state index >= 15 is 0 Å². The van der Waals surface area contributed by atoms with Crippen molar-refractivity contribution in [2.75, 3.05) is 11.9 Å². The minimum absolute atomic E-state index is 0.0312. The van der Waals surface area contributed by atoms with Gasteiger partial charge < -0.3 is 10.4 Å². The molecular weight excluding hydrogens is 242 g/mol. The highest BCUT2D eigenvalue weighted by Crippen LogP contribution is 2.24. The lowest BCUT2D eigenvalue weighted by Gasteiger charge is -2.18. The lowest BCUT2D eigenvalue weighted by atomic mass is 9.95. The fourth-order valence-electron chi connectivity index (χ4n) is 2.11. The number of aromatic carboxylic acids is 1. The van der Waals surface area contributed by atoms with Gasteiger partial charge >= 0.3 is 5.97 Å². The molecule has 4 nitrogen and oxygen atoms in total. The number of nitrogens with zero attached hydrogens (tertiary/aromatic N) is 1. The number of carbonyl (C=O) groups is 1. The van der Waals surface area contributed by atoms with Crippen LogP contribution in [0.3, 0.4) is 0 Å². The molecule has 0 aromatic carbocycles. The molecule has 0 saturated carbocycles. The average Bonchev–Trinajstić information content (AvgIpc) is 2.35. The van der Waals surface area contributed by atoms with Gasteiger partial charge in [0.05, 0.1) is 6.54 Å². The molecule has 2 rings (SSSR count). The van der Waals surface area contributed by atoms with E-state index in [1.54, 1.807) is 6.07 Å². The number of alkyl halides is 2. The van der Waals surface area contributed by atoms with Crippen LogP contribution in [0.25, 0.3) is 0 Å². The van der Waals surface area contributed by atoms with Gasteiger partial charge in [-0.05, 0) is 37.3 Å². The van der Waals surface area contributed by atoms with Crippen molar-refractivity contribution in [1.82, 2.24) is 4.98 Å². The third-order valence-electron chi connectivity index (χ3n) is 2.96. The van der Waals surface area contributed by atoms with Crippen LogP contribution in [-0.2, 0) is 12.8 Å². The summed E-state index contributed by atoms with van der Waals surface area (Å²) in [6, 6.07) is 1.55. The van der Waals surface area contributed by atoms with Crippen LogP contribution < -0.4 is 5.32 Å². The number of hydrogen-bond donors (Lipinski definition) is 2. The number of fused-ring (bicyclic) bond motifs is 1. The molecule has 18 heavy (non-hydrogen) atoms. The fraction of sp³-hybridized carbons (Fsp3) is 0.500. The van der Waals surface area contributed by atoms with E-state index in [2.05, 4.69) is 10.3 Å². The summed E-state index contributed by atoms with van der Waals surface area (Å²) in [5.74, 6) is -1.10. The predicted octanol–water partition coefficient (Wildman–Crippen LogP) is 2.34. The molecule has 1 aliphatic rings. The van der Waals surface area contributed by atoms with E-state index in [4.69, 9.17) is 5.11 Å². The lowest BCUT2D eigenvalue weighted by molar-refractivity contribution is 0.0697. The van der Waals surface area contributed by atoms with Crippen molar-refractivity contribution in [2.24, 2.45) is 0 Å². The summed E-state index contributed by atoms with van der Waals surface area (Å²) in [6.45, 7) is -0.591. The van der Waals surface area contributed by atoms with Crippen molar-refractivity contribution in [3.63, 3.8) is 0 Å². The maximum absolute atomic E-state index is 12.2. The molecule has 0 unspecified atom stereocenters. The Balaban J connectivity index is 2.33. The Bertz CT molecular complexity index is 464. The molecule has 0 aliphatic heterocycles. The summed E-state index contributed by atoms with van der Waals surface area (Å²) in [5, 5.41) is 11.5. The summed E-state index contributed by atoms with van der Waals surface area (Å²) in [4.78, 5) is 15.3. The second-order valence-electron chi connectivity index (χ2n) is 4.27. The van der Waals surface area contributed by atoms with E-state index in [0.717, 1.165) is 36.9 Å². The highest BCUT2D eigenvalue weighted by molar-refractivity contribution is 5.93. The Labute approximate surface area is 103 Å². The Kier molecular flexibility index (Phi) is 3.74. The third-order valence-corrected chi connectivity index (χ3v) is 2.96. The minimum Gasteiger partial charge on any atom is -0.478 e. The van der Waals surface area contributed by atoms with E-state index in [9.17, 15) is 13.6 Å². The Morgan fingerprint density at radius 3 is 2.83 bits per heavy atom. The summed E-state index contributed by atoms with van der Waals surface area (Å²) < 4.78 is 24.3. The van der Waals surface area contributed by atoms with Crippen molar-refractivity contribution in [2.45, 2.75) is 32.1 Å². The van der Waals surface area contributed by atoms with Crippen LogP contribution in [-0.4, -0.2) is 29.0 Å². The second-order valence-corrected chi connectivity index (χ2v) is 4.27. The number of anilines is 1. The standard InChI is InChI=1S/C12H14F2N2O2/c13-10(14)6-15-11-8(12(17)18)5-7-3-1-2-4-9(7)16-11/h5,10H,1-4,6H2,(H,15,16)(H,17,18). The molecule has 1 heterocycles. The molecule has 1 aromatic heterocycles. The molecule has 0 spiro atoms. The number of hydrogen-bond acceptors (Lipinski definition) is 3. The summed E-state index contributed by atoms with van der Waals surface area (Å²) in [5.41, 5.74) is 1.71. The first-order valence-corrected chi connectivity index (χ1v) is 5.86. The van der Waals surface area contributed by atoms with Gasteiger partial charge in [0.15, 0.2) is 0 Å². The van der Waals surface area contributed by atoms with Crippen LogP contribution in [0.15, 0.2) is 6.07 Å². The van der Waals surface area contributed by atoms with Crippen LogP contribution in [0, 0.1) is 0 Å². The Hall–Kier alpha value is -1.72. The summed E-state index contributed by atoms with van der Waals surface area (Å²) in [7, 11) is 0. The molecule has 1 aromatic rings. The monoisotopic (exact) mass is 256 g/mol. The number of aromatic nitrogens is 1. The number of halogens is 2. The van der Waals surface area contributed by atoms with Crippen molar-refractivity contribution < 1.29 is 18.7 Å². The first kappa shape index (κ1) is 12.7. The predicted molar refractivity (Wildman–Crippen MR) is 62.3 cm³/mol. The van der Waals surface area contributed by atoms with Crippen LogP contribution >= 0.6 is 0 Å². The zero-order valence-corrected chi connectivity index (χ0v) is 9.75. The largest absolute Gasteiger partial charge is 0.478 e. The van der Waals surface area contributed by atoms with Crippen molar-refractivity contribution in [1.29, 1.82) is 0 Å². The molecule has 0 bridgehead atoms. The molecule has 0 saturated heterocycles. The molecule has 6 heteroatoms. The molecule has 1 aliphatic carbocycles. The molecule has 0 fully saturated rings. The van der Waals surface area contributed by atoms with E-state index in [0.29, 0.717) is 0 Å². The maximum atomic E-state index is 12.2. The fourth-order valence-corrected chi connectivity index (χ4v) is 2.11. The van der Waals surface area contributed by atoms with Gasteiger partial charge in [0.2, 0.25) is 0 Å². The number of carboxylic acids is 1. The van der Waals surface area contributed by atoms with Gasteiger partial charge in [-0.25, -0.2) is 18.6 Å². The first-order valence-electron chi connectivity index (χ1n) is 5.86. The molecule has 98 valence electrons. The van der Waals surface area contributed by atoms with Gasteiger partial charge in [0.25, 0.3) is 6.43 Å². The van der Waals surface area contributed by atoms with Crippen molar-refractivity contribution >= 4 is 11.8 Å². The Morgan fingerprint density at radius 1 is 1.44 bits per heavy atom. The van der Waals surface area contributed by atoms with E-state index in [-0.39, 0.29) is 11.4 Å². The number of pyridine rings is 1. The molecule has 0 atom stereocenters. The smallest absolute Gasteiger partial charge is 0.339 e. The van der Waals surface area contributed by atoms with Gasteiger partial charge in [-0.1, -0.05) is 0 Å². The Morgan fingerprint density at radius 2 is 2.17 bits per heavy atom. The van der Waals surface area contributed by atoms with Crippen molar-refractivity contribution in [3.05, 3.63) is 22.9 Å². The first-order chi connectivity index (χ1) is 8.58. The summed E-state index contributed by atoms with van der Waals surface area (Å²) in [6.07, 6.45) is 1.05. The highest BCUT2D eigenvalue weighted by atomic mass is 19.3. The van der Waals surface area contributed by atoms with Crippen LogP contribution in [0.4, 0.5) is 14.6 Å². The molecule has 0 radical (unpaired) electrons.